The maximum atomic E-state index is 12.2. The van der Waals surface area contributed by atoms with Crippen LogP contribution in [0.1, 0.15) is 28.8 Å². The number of hydrogen-bond donors (Lipinski definition) is 1. The lowest BCUT2D eigenvalue weighted by Gasteiger charge is -2.15. The number of benzene rings is 2. The third-order valence-electron chi connectivity index (χ3n) is 4.58. The van der Waals surface area contributed by atoms with Crippen LogP contribution in [0.3, 0.4) is 0 Å². The van der Waals surface area contributed by atoms with E-state index in [0.717, 1.165) is 17.9 Å². The van der Waals surface area contributed by atoms with Crippen LogP contribution in [-0.2, 0) is 6.54 Å². The molecule has 138 valence electrons. The van der Waals surface area contributed by atoms with Crippen molar-refractivity contribution in [1.29, 1.82) is 0 Å². The van der Waals surface area contributed by atoms with Gasteiger partial charge in [0, 0.05) is 18.7 Å². The van der Waals surface area contributed by atoms with Gasteiger partial charge in [-0.25, -0.2) is 0 Å². The van der Waals surface area contributed by atoms with Gasteiger partial charge in [0.25, 0.3) is 5.91 Å². The van der Waals surface area contributed by atoms with Gasteiger partial charge in [0.05, 0.1) is 7.11 Å². The van der Waals surface area contributed by atoms with Crippen molar-refractivity contribution < 1.29 is 14.3 Å². The lowest BCUT2D eigenvalue weighted by molar-refractivity contribution is 0.0950. The zero-order chi connectivity index (χ0) is 18.2. The first kappa shape index (κ1) is 18.3. The largest absolute Gasteiger partial charge is 0.497 e. The summed E-state index contributed by atoms with van der Waals surface area (Å²) >= 11 is 0. The van der Waals surface area contributed by atoms with E-state index in [1.807, 2.05) is 36.4 Å². The summed E-state index contributed by atoms with van der Waals surface area (Å²) in [6.45, 7) is 4.55. The molecule has 1 N–H and O–H groups in total. The first-order valence-corrected chi connectivity index (χ1v) is 9.11. The molecule has 26 heavy (non-hydrogen) atoms. The molecule has 1 amide bonds. The van der Waals surface area contributed by atoms with Gasteiger partial charge in [-0.1, -0.05) is 18.2 Å². The van der Waals surface area contributed by atoms with E-state index >= 15 is 0 Å². The predicted molar refractivity (Wildman–Crippen MR) is 102 cm³/mol. The smallest absolute Gasteiger partial charge is 0.251 e. The van der Waals surface area contributed by atoms with Crippen LogP contribution in [0.2, 0.25) is 0 Å². The third kappa shape index (κ3) is 5.23. The second-order valence-electron chi connectivity index (χ2n) is 6.46. The second kappa shape index (κ2) is 9.25. The Bertz CT molecular complexity index is 709. The van der Waals surface area contributed by atoms with E-state index in [1.54, 1.807) is 19.2 Å². The normalized spacial score (nSPS) is 14.2. The summed E-state index contributed by atoms with van der Waals surface area (Å²) < 4.78 is 10.9. The molecule has 5 heteroatoms. The summed E-state index contributed by atoms with van der Waals surface area (Å²) in [6, 6.07) is 15.0. The SMILES string of the molecule is COc1cccc(C(=O)NCc2ccc(OCCN3CCCC3)cc2)c1. The number of ether oxygens (including phenoxy) is 2. The molecule has 0 spiro atoms. The highest BCUT2D eigenvalue weighted by Gasteiger charge is 2.11. The fraction of sp³-hybridized carbons (Fsp3) is 0.381. The van der Waals surface area contributed by atoms with E-state index < -0.39 is 0 Å². The Labute approximate surface area is 154 Å². The molecule has 1 fully saturated rings. The van der Waals surface area contributed by atoms with Crippen molar-refractivity contribution in [3.05, 3.63) is 59.7 Å². The van der Waals surface area contributed by atoms with Crippen LogP contribution in [0.4, 0.5) is 0 Å². The van der Waals surface area contributed by atoms with E-state index in [0.29, 0.717) is 24.5 Å². The van der Waals surface area contributed by atoms with Crippen molar-refractivity contribution in [3.63, 3.8) is 0 Å². The molecule has 0 radical (unpaired) electrons. The van der Waals surface area contributed by atoms with Crippen molar-refractivity contribution in [2.75, 3.05) is 33.4 Å². The van der Waals surface area contributed by atoms with Crippen LogP contribution in [-0.4, -0.2) is 44.2 Å². The second-order valence-corrected chi connectivity index (χ2v) is 6.46. The van der Waals surface area contributed by atoms with Crippen LogP contribution in [0.5, 0.6) is 11.5 Å². The Kier molecular flexibility index (Phi) is 6.50. The van der Waals surface area contributed by atoms with Gasteiger partial charge in [0.15, 0.2) is 0 Å². The summed E-state index contributed by atoms with van der Waals surface area (Å²) in [4.78, 5) is 14.7. The van der Waals surface area contributed by atoms with Gasteiger partial charge in [0.1, 0.15) is 18.1 Å². The predicted octanol–water partition coefficient (Wildman–Crippen LogP) is 3.10. The number of carbonyl (C=O) groups is 1. The van der Waals surface area contributed by atoms with Gasteiger partial charge in [0.2, 0.25) is 0 Å². The molecule has 0 atom stereocenters. The summed E-state index contributed by atoms with van der Waals surface area (Å²) in [5.41, 5.74) is 1.62. The Balaban J connectivity index is 1.44. The van der Waals surface area contributed by atoms with Crippen LogP contribution in [0.15, 0.2) is 48.5 Å². The minimum absolute atomic E-state index is 0.116. The lowest BCUT2D eigenvalue weighted by Crippen LogP contribution is -2.25. The molecular weight excluding hydrogens is 328 g/mol. The van der Waals surface area contributed by atoms with Crippen molar-refractivity contribution in [1.82, 2.24) is 10.2 Å². The van der Waals surface area contributed by atoms with Crippen LogP contribution >= 0.6 is 0 Å². The molecule has 0 saturated carbocycles. The van der Waals surface area contributed by atoms with Crippen LogP contribution in [0, 0.1) is 0 Å². The summed E-state index contributed by atoms with van der Waals surface area (Å²) in [5.74, 6) is 1.43. The van der Waals surface area contributed by atoms with Crippen molar-refractivity contribution in [2.45, 2.75) is 19.4 Å². The molecule has 1 saturated heterocycles. The Hall–Kier alpha value is -2.53. The third-order valence-corrected chi connectivity index (χ3v) is 4.58. The number of carbonyl (C=O) groups excluding carboxylic acids is 1. The molecule has 1 aliphatic rings. The maximum Gasteiger partial charge on any atom is 0.251 e. The number of hydrogen-bond acceptors (Lipinski definition) is 4. The number of methoxy groups -OCH3 is 1. The first-order valence-electron chi connectivity index (χ1n) is 9.11. The zero-order valence-electron chi connectivity index (χ0n) is 15.2. The number of amides is 1. The minimum Gasteiger partial charge on any atom is -0.497 e. The quantitative estimate of drug-likeness (QED) is 0.791. The molecule has 2 aromatic rings. The Morgan fingerprint density at radius 2 is 1.85 bits per heavy atom. The number of rotatable bonds is 8. The number of nitrogens with zero attached hydrogens (tertiary/aromatic N) is 1. The number of nitrogens with one attached hydrogen (secondary N) is 1. The maximum absolute atomic E-state index is 12.2. The van der Waals surface area contributed by atoms with E-state index in [4.69, 9.17) is 9.47 Å². The van der Waals surface area contributed by atoms with E-state index in [9.17, 15) is 4.79 Å². The molecule has 1 aliphatic heterocycles. The van der Waals surface area contributed by atoms with Gasteiger partial charge >= 0.3 is 0 Å². The number of likely N-dealkylation sites (tertiary alicyclic amines) is 1. The highest BCUT2D eigenvalue weighted by atomic mass is 16.5. The van der Waals surface area contributed by atoms with Crippen molar-refractivity contribution in [2.24, 2.45) is 0 Å². The summed E-state index contributed by atoms with van der Waals surface area (Å²) in [6.07, 6.45) is 2.60. The summed E-state index contributed by atoms with van der Waals surface area (Å²) in [7, 11) is 1.59. The van der Waals surface area contributed by atoms with Gasteiger partial charge in [-0.05, 0) is 61.8 Å². The highest BCUT2D eigenvalue weighted by molar-refractivity contribution is 5.94. The van der Waals surface area contributed by atoms with Crippen LogP contribution in [0.25, 0.3) is 0 Å². The Morgan fingerprint density at radius 1 is 1.08 bits per heavy atom. The molecule has 0 bridgehead atoms. The van der Waals surface area contributed by atoms with Gasteiger partial charge < -0.3 is 14.8 Å². The molecule has 0 unspecified atom stereocenters. The van der Waals surface area contributed by atoms with Crippen molar-refractivity contribution >= 4 is 5.91 Å². The van der Waals surface area contributed by atoms with Gasteiger partial charge in [-0.2, -0.15) is 0 Å². The monoisotopic (exact) mass is 354 g/mol. The standard InChI is InChI=1S/C21H26N2O3/c1-25-20-6-4-5-18(15-20)21(24)22-16-17-7-9-19(10-8-17)26-14-13-23-11-2-3-12-23/h4-10,15H,2-3,11-14,16H2,1H3,(H,22,24). The van der Waals surface area contributed by atoms with Crippen molar-refractivity contribution in [3.8, 4) is 11.5 Å². The zero-order valence-corrected chi connectivity index (χ0v) is 15.2. The molecule has 2 aromatic carbocycles. The van der Waals surface area contributed by atoms with Crippen LogP contribution < -0.4 is 14.8 Å². The average molecular weight is 354 g/mol. The minimum atomic E-state index is -0.116. The van der Waals surface area contributed by atoms with Gasteiger partial charge in [-0.3, -0.25) is 9.69 Å². The molecule has 1 heterocycles. The fourth-order valence-corrected chi connectivity index (χ4v) is 3.05. The van der Waals surface area contributed by atoms with Gasteiger partial charge in [-0.15, -0.1) is 0 Å². The molecule has 3 rings (SSSR count). The lowest BCUT2D eigenvalue weighted by atomic mass is 10.2. The topological polar surface area (TPSA) is 50.8 Å². The van der Waals surface area contributed by atoms with E-state index in [1.165, 1.54) is 25.9 Å². The fourth-order valence-electron chi connectivity index (χ4n) is 3.05. The first-order chi connectivity index (χ1) is 12.7. The van der Waals surface area contributed by atoms with E-state index in [-0.39, 0.29) is 5.91 Å². The molecule has 5 nitrogen and oxygen atoms in total. The van der Waals surface area contributed by atoms with E-state index in [2.05, 4.69) is 10.2 Å². The molecule has 0 aromatic heterocycles. The molecular formula is C21H26N2O3. The molecule has 0 aliphatic carbocycles. The summed E-state index contributed by atoms with van der Waals surface area (Å²) in [5, 5.41) is 2.92. The highest BCUT2D eigenvalue weighted by Crippen LogP contribution is 2.14. The average Bonchev–Trinajstić information content (AvgIpc) is 3.20. The Morgan fingerprint density at radius 3 is 2.58 bits per heavy atom.